The van der Waals surface area contributed by atoms with Crippen molar-refractivity contribution in [1.29, 1.82) is 0 Å². The minimum atomic E-state index is -0.107. The Kier molecular flexibility index (Phi) is 7.33. The van der Waals surface area contributed by atoms with E-state index in [-0.39, 0.29) is 12.5 Å². The fourth-order valence-electron chi connectivity index (χ4n) is 2.85. The predicted octanol–water partition coefficient (Wildman–Crippen LogP) is 4.29. The molecule has 140 valence electrons. The molecule has 0 spiro atoms. The van der Waals surface area contributed by atoms with Crippen LogP contribution in [0, 0.1) is 6.92 Å². The quantitative estimate of drug-likeness (QED) is 0.704. The van der Waals surface area contributed by atoms with Gasteiger partial charge < -0.3 is 20.3 Å². The van der Waals surface area contributed by atoms with E-state index in [0.717, 1.165) is 24.3 Å². The average molecular weight is 355 g/mol. The Balaban J connectivity index is 1.97. The third-order valence-electron chi connectivity index (χ3n) is 4.24. The number of benzene rings is 2. The Bertz CT molecular complexity index is 727. The second-order valence-corrected chi connectivity index (χ2v) is 6.00. The van der Waals surface area contributed by atoms with Gasteiger partial charge in [-0.2, -0.15) is 0 Å². The maximum absolute atomic E-state index is 12.3. The lowest BCUT2D eigenvalue weighted by molar-refractivity contribution is -0.114. The minimum Gasteiger partial charge on any atom is -0.492 e. The molecule has 2 rings (SSSR count). The highest BCUT2D eigenvalue weighted by Gasteiger charge is 2.09. The first-order valence-corrected chi connectivity index (χ1v) is 9.20. The molecule has 0 heterocycles. The zero-order valence-corrected chi connectivity index (χ0v) is 16.1. The molecule has 26 heavy (non-hydrogen) atoms. The molecule has 0 bridgehead atoms. The van der Waals surface area contributed by atoms with E-state index in [2.05, 4.69) is 48.4 Å². The van der Waals surface area contributed by atoms with Gasteiger partial charge in [-0.3, -0.25) is 4.79 Å². The van der Waals surface area contributed by atoms with E-state index in [1.165, 1.54) is 5.69 Å². The number of rotatable bonds is 9. The van der Waals surface area contributed by atoms with E-state index in [1.807, 2.05) is 37.3 Å². The Hall–Kier alpha value is -2.69. The maximum atomic E-state index is 12.3. The first-order valence-electron chi connectivity index (χ1n) is 9.20. The van der Waals surface area contributed by atoms with Crippen LogP contribution >= 0.6 is 0 Å². The monoisotopic (exact) mass is 355 g/mol. The molecule has 1 amide bonds. The van der Waals surface area contributed by atoms with E-state index < -0.39 is 0 Å². The normalized spacial score (nSPS) is 10.3. The molecule has 2 aromatic carbocycles. The summed E-state index contributed by atoms with van der Waals surface area (Å²) in [5.74, 6) is 0.576. The summed E-state index contributed by atoms with van der Waals surface area (Å²) in [5, 5.41) is 6.11. The maximum Gasteiger partial charge on any atom is 0.243 e. The van der Waals surface area contributed by atoms with Crippen molar-refractivity contribution in [2.24, 2.45) is 0 Å². The number of hydrogen-bond acceptors (Lipinski definition) is 4. The summed E-state index contributed by atoms with van der Waals surface area (Å²) in [7, 11) is 0. The summed E-state index contributed by atoms with van der Waals surface area (Å²) in [4.78, 5) is 14.6. The van der Waals surface area contributed by atoms with E-state index in [0.29, 0.717) is 18.0 Å². The second kappa shape index (κ2) is 9.70. The first-order chi connectivity index (χ1) is 12.6. The number of aryl methyl sites for hydroxylation is 1. The van der Waals surface area contributed by atoms with Gasteiger partial charge in [0.15, 0.2) is 0 Å². The van der Waals surface area contributed by atoms with Gasteiger partial charge >= 0.3 is 0 Å². The van der Waals surface area contributed by atoms with Crippen LogP contribution < -0.4 is 20.3 Å². The number of anilines is 3. The molecular weight excluding hydrogens is 326 g/mol. The number of hydrogen-bond donors (Lipinski definition) is 2. The van der Waals surface area contributed by atoms with Crippen LogP contribution in [0.25, 0.3) is 0 Å². The van der Waals surface area contributed by atoms with Crippen molar-refractivity contribution in [2.75, 3.05) is 41.8 Å². The van der Waals surface area contributed by atoms with Gasteiger partial charge in [0.05, 0.1) is 18.8 Å². The Morgan fingerprint density at radius 1 is 1.04 bits per heavy atom. The van der Waals surface area contributed by atoms with Gasteiger partial charge in [-0.15, -0.1) is 0 Å². The molecule has 0 unspecified atom stereocenters. The third-order valence-corrected chi connectivity index (χ3v) is 4.24. The lowest BCUT2D eigenvalue weighted by atomic mass is 10.1. The molecule has 0 aliphatic heterocycles. The highest BCUT2D eigenvalue weighted by molar-refractivity contribution is 5.95. The van der Waals surface area contributed by atoms with Gasteiger partial charge in [0, 0.05) is 24.5 Å². The van der Waals surface area contributed by atoms with Crippen LogP contribution in [-0.2, 0) is 4.79 Å². The number of nitrogens with zero attached hydrogens (tertiary/aromatic N) is 1. The molecule has 0 radical (unpaired) electrons. The molecule has 0 saturated carbocycles. The van der Waals surface area contributed by atoms with Crippen molar-refractivity contribution in [1.82, 2.24) is 0 Å². The van der Waals surface area contributed by atoms with Crippen LogP contribution in [0.5, 0.6) is 5.75 Å². The van der Waals surface area contributed by atoms with E-state index in [4.69, 9.17) is 4.74 Å². The molecule has 0 aliphatic rings. The van der Waals surface area contributed by atoms with Crippen LogP contribution in [-0.4, -0.2) is 32.1 Å². The summed E-state index contributed by atoms with van der Waals surface area (Å²) in [5.41, 5.74) is 3.98. The van der Waals surface area contributed by atoms with Crippen LogP contribution in [0.3, 0.4) is 0 Å². The topological polar surface area (TPSA) is 53.6 Å². The van der Waals surface area contributed by atoms with Crippen molar-refractivity contribution in [3.63, 3.8) is 0 Å². The molecule has 0 aliphatic carbocycles. The van der Waals surface area contributed by atoms with Crippen LogP contribution in [0.15, 0.2) is 42.5 Å². The first kappa shape index (κ1) is 19.6. The number of carbonyl (C=O) groups is 1. The number of carbonyl (C=O) groups excluding carboxylic acids is 1. The number of para-hydroxylation sites is 2. The summed E-state index contributed by atoms with van der Waals surface area (Å²) >= 11 is 0. The number of ether oxygens (including phenoxy) is 1. The summed E-state index contributed by atoms with van der Waals surface area (Å²) in [6.45, 7) is 11.0. The van der Waals surface area contributed by atoms with Crippen molar-refractivity contribution >= 4 is 23.0 Å². The lowest BCUT2D eigenvalue weighted by Gasteiger charge is -2.22. The largest absolute Gasteiger partial charge is 0.492 e. The summed E-state index contributed by atoms with van der Waals surface area (Å²) in [6, 6.07) is 13.7. The Morgan fingerprint density at radius 3 is 2.42 bits per heavy atom. The summed E-state index contributed by atoms with van der Waals surface area (Å²) < 4.78 is 5.54. The lowest BCUT2D eigenvalue weighted by Crippen LogP contribution is -2.23. The summed E-state index contributed by atoms with van der Waals surface area (Å²) in [6.07, 6.45) is 0. The number of nitrogens with one attached hydrogen (secondary N) is 2. The van der Waals surface area contributed by atoms with E-state index >= 15 is 0 Å². The third kappa shape index (κ3) is 5.15. The van der Waals surface area contributed by atoms with Crippen molar-refractivity contribution in [2.45, 2.75) is 27.7 Å². The predicted molar refractivity (Wildman–Crippen MR) is 109 cm³/mol. The smallest absolute Gasteiger partial charge is 0.243 e. The Morgan fingerprint density at radius 2 is 1.77 bits per heavy atom. The fraction of sp³-hybridized carbons (Fsp3) is 0.381. The molecule has 0 aromatic heterocycles. The van der Waals surface area contributed by atoms with Gasteiger partial charge in [0.25, 0.3) is 0 Å². The molecule has 0 saturated heterocycles. The molecule has 5 heteroatoms. The zero-order valence-electron chi connectivity index (χ0n) is 16.1. The van der Waals surface area contributed by atoms with Crippen LogP contribution in [0.4, 0.5) is 17.1 Å². The van der Waals surface area contributed by atoms with Gasteiger partial charge in [0.2, 0.25) is 5.91 Å². The van der Waals surface area contributed by atoms with Gasteiger partial charge in [-0.1, -0.05) is 12.1 Å². The van der Waals surface area contributed by atoms with Gasteiger partial charge in [-0.25, -0.2) is 0 Å². The SMILES string of the molecule is CCOc1ccccc1NC(=O)CNc1ccc(N(CC)CC)cc1C. The minimum absolute atomic E-state index is 0.107. The molecule has 0 fully saturated rings. The highest BCUT2D eigenvalue weighted by atomic mass is 16.5. The number of amides is 1. The van der Waals surface area contributed by atoms with Gasteiger partial charge in [-0.05, 0) is 63.6 Å². The zero-order chi connectivity index (χ0) is 18.9. The molecule has 5 nitrogen and oxygen atoms in total. The van der Waals surface area contributed by atoms with Crippen molar-refractivity contribution < 1.29 is 9.53 Å². The molecule has 0 atom stereocenters. The molecule has 2 N–H and O–H groups in total. The molecule has 2 aromatic rings. The Labute approximate surface area is 156 Å². The second-order valence-electron chi connectivity index (χ2n) is 6.00. The van der Waals surface area contributed by atoms with Crippen molar-refractivity contribution in [3.8, 4) is 5.75 Å². The fourth-order valence-corrected chi connectivity index (χ4v) is 2.85. The van der Waals surface area contributed by atoms with Crippen molar-refractivity contribution in [3.05, 3.63) is 48.0 Å². The van der Waals surface area contributed by atoms with E-state index in [1.54, 1.807) is 0 Å². The highest BCUT2D eigenvalue weighted by Crippen LogP contribution is 2.24. The standard InChI is InChI=1S/C21H29N3O2/c1-5-24(6-2)17-12-13-18(16(4)14-17)22-15-21(25)23-19-10-8-9-11-20(19)26-7-3/h8-14,22H,5-7,15H2,1-4H3,(H,23,25). The van der Waals surface area contributed by atoms with Gasteiger partial charge in [0.1, 0.15) is 5.75 Å². The van der Waals surface area contributed by atoms with Crippen LogP contribution in [0.1, 0.15) is 26.3 Å². The molecular formula is C21H29N3O2. The van der Waals surface area contributed by atoms with Crippen LogP contribution in [0.2, 0.25) is 0 Å². The van der Waals surface area contributed by atoms with E-state index in [9.17, 15) is 4.79 Å². The average Bonchev–Trinajstić information content (AvgIpc) is 2.64.